The van der Waals surface area contributed by atoms with Crippen LogP contribution >= 0.6 is 0 Å². The van der Waals surface area contributed by atoms with Gasteiger partial charge in [0.15, 0.2) is 5.03 Å². The lowest BCUT2D eigenvalue weighted by molar-refractivity contribution is -0.151. The molecule has 2 aromatic rings. The molecule has 2 N–H and O–H groups in total. The SMILES string of the molecule is CCC(C1=C(O)C2CCCCCCC2OC1=O)c1cccc(NS(=O)(=O)c2cc(C#N)ccn2)c1. The van der Waals surface area contributed by atoms with Crippen molar-refractivity contribution in [3.63, 3.8) is 0 Å². The predicted octanol–water partition coefficient (Wildman–Crippen LogP) is 4.96. The molecule has 0 spiro atoms. The molecule has 4 rings (SSSR count). The highest BCUT2D eigenvalue weighted by atomic mass is 32.2. The van der Waals surface area contributed by atoms with E-state index >= 15 is 0 Å². The standard InChI is InChI=1S/C26H29N3O5S/c1-2-20(24-25(30)21-10-5-3-4-6-11-22(21)34-26(24)31)18-8-7-9-19(15-18)29-35(32,33)23-14-17(16-27)12-13-28-23/h7-9,12-15,20-22,29-30H,2-6,10-11H2,1H3. The molecule has 9 heteroatoms. The van der Waals surface area contributed by atoms with Crippen LogP contribution in [0.15, 0.2) is 59.0 Å². The molecule has 0 bridgehead atoms. The third-order valence-electron chi connectivity index (χ3n) is 6.75. The van der Waals surface area contributed by atoms with E-state index in [4.69, 9.17) is 10.00 Å². The number of ether oxygens (including phenoxy) is 1. The molecule has 1 fully saturated rings. The number of hydrogen-bond donors (Lipinski definition) is 2. The molecule has 1 saturated carbocycles. The number of pyridine rings is 1. The van der Waals surface area contributed by atoms with E-state index in [0.717, 1.165) is 38.5 Å². The minimum absolute atomic E-state index is 0.114. The molecule has 0 saturated heterocycles. The van der Waals surface area contributed by atoms with E-state index in [2.05, 4.69) is 9.71 Å². The molecule has 0 amide bonds. The van der Waals surface area contributed by atoms with Crippen molar-refractivity contribution in [3.8, 4) is 6.07 Å². The Labute approximate surface area is 205 Å². The number of fused-ring (bicyclic) bond motifs is 1. The Kier molecular flexibility index (Phi) is 7.41. The fourth-order valence-corrected chi connectivity index (χ4v) is 6.01. The zero-order valence-corrected chi connectivity index (χ0v) is 20.4. The molecule has 1 aromatic heterocycles. The second kappa shape index (κ2) is 10.5. The maximum atomic E-state index is 13.0. The van der Waals surface area contributed by atoms with Gasteiger partial charge in [0, 0.05) is 17.8 Å². The summed E-state index contributed by atoms with van der Waals surface area (Å²) in [6, 6.07) is 11.3. The summed E-state index contributed by atoms with van der Waals surface area (Å²) in [4.78, 5) is 16.9. The van der Waals surface area contributed by atoms with E-state index in [9.17, 15) is 18.3 Å². The molecule has 1 aliphatic heterocycles. The highest BCUT2D eigenvalue weighted by Gasteiger charge is 2.40. The van der Waals surface area contributed by atoms with Gasteiger partial charge in [0.1, 0.15) is 11.9 Å². The van der Waals surface area contributed by atoms with E-state index in [0.29, 0.717) is 17.7 Å². The first-order valence-electron chi connectivity index (χ1n) is 12.0. The van der Waals surface area contributed by atoms with Crippen LogP contribution in [0, 0.1) is 17.2 Å². The minimum atomic E-state index is -4.03. The van der Waals surface area contributed by atoms with E-state index in [1.54, 1.807) is 24.3 Å². The summed E-state index contributed by atoms with van der Waals surface area (Å²) < 4.78 is 34.0. The number of hydrogen-bond acceptors (Lipinski definition) is 7. The summed E-state index contributed by atoms with van der Waals surface area (Å²) in [6.07, 6.45) is 7.19. The largest absolute Gasteiger partial charge is 0.511 e. The lowest BCUT2D eigenvalue weighted by atomic mass is 9.79. The first-order chi connectivity index (χ1) is 16.8. The van der Waals surface area contributed by atoms with Crippen LogP contribution in [0.4, 0.5) is 5.69 Å². The van der Waals surface area contributed by atoms with Gasteiger partial charge in [-0.2, -0.15) is 13.7 Å². The van der Waals surface area contributed by atoms with E-state index in [1.165, 1.54) is 18.3 Å². The van der Waals surface area contributed by atoms with Crippen LogP contribution in [0.5, 0.6) is 0 Å². The summed E-state index contributed by atoms with van der Waals surface area (Å²) in [7, 11) is -4.03. The fourth-order valence-electron chi connectivity index (χ4n) is 4.99. The highest BCUT2D eigenvalue weighted by Crippen LogP contribution is 2.41. The normalized spacial score (nSPS) is 21.7. The summed E-state index contributed by atoms with van der Waals surface area (Å²) >= 11 is 0. The van der Waals surface area contributed by atoms with Crippen molar-refractivity contribution in [2.75, 3.05) is 4.72 Å². The van der Waals surface area contributed by atoms with Gasteiger partial charge in [-0.05, 0) is 55.5 Å². The zero-order chi connectivity index (χ0) is 25.0. The van der Waals surface area contributed by atoms with Crippen LogP contribution < -0.4 is 4.72 Å². The van der Waals surface area contributed by atoms with Crippen LogP contribution in [-0.2, 0) is 19.6 Å². The van der Waals surface area contributed by atoms with E-state index in [1.807, 2.05) is 13.0 Å². The van der Waals surface area contributed by atoms with Gasteiger partial charge >= 0.3 is 5.97 Å². The van der Waals surface area contributed by atoms with Crippen molar-refractivity contribution in [3.05, 3.63) is 65.1 Å². The van der Waals surface area contributed by atoms with Crippen molar-refractivity contribution >= 4 is 21.7 Å². The predicted molar refractivity (Wildman–Crippen MR) is 130 cm³/mol. The van der Waals surface area contributed by atoms with Crippen LogP contribution in [0.1, 0.15) is 68.9 Å². The van der Waals surface area contributed by atoms with Gasteiger partial charge in [-0.1, -0.05) is 38.3 Å². The Morgan fingerprint density at radius 3 is 2.71 bits per heavy atom. The van der Waals surface area contributed by atoms with Gasteiger partial charge in [-0.15, -0.1) is 0 Å². The minimum Gasteiger partial charge on any atom is -0.511 e. The lowest BCUT2D eigenvalue weighted by Crippen LogP contribution is -2.37. The third kappa shape index (κ3) is 5.33. The zero-order valence-electron chi connectivity index (χ0n) is 19.6. The number of nitrogens with one attached hydrogen (secondary N) is 1. The lowest BCUT2D eigenvalue weighted by Gasteiger charge is -2.35. The van der Waals surface area contributed by atoms with Crippen molar-refractivity contribution in [2.45, 2.75) is 68.9 Å². The summed E-state index contributed by atoms with van der Waals surface area (Å²) in [5.74, 6) is -1.03. The number of nitriles is 1. The average molecular weight is 496 g/mol. The molecular weight excluding hydrogens is 466 g/mol. The topological polar surface area (TPSA) is 129 Å². The maximum absolute atomic E-state index is 13.0. The molecule has 0 radical (unpaired) electrons. The summed E-state index contributed by atoms with van der Waals surface area (Å²) in [5, 5.41) is 20.0. The Morgan fingerprint density at radius 1 is 1.20 bits per heavy atom. The number of aromatic nitrogens is 1. The van der Waals surface area contributed by atoms with Gasteiger partial charge in [0.2, 0.25) is 0 Å². The van der Waals surface area contributed by atoms with Gasteiger partial charge in [0.25, 0.3) is 10.0 Å². The first kappa shape index (κ1) is 24.7. The van der Waals surface area contributed by atoms with Gasteiger partial charge in [-0.25, -0.2) is 9.78 Å². The van der Waals surface area contributed by atoms with E-state index in [-0.39, 0.29) is 33.9 Å². The fraction of sp³-hybridized carbons (Fsp3) is 0.423. The molecular formula is C26H29N3O5S. The van der Waals surface area contributed by atoms with Crippen LogP contribution in [-0.4, -0.2) is 30.6 Å². The molecule has 35 heavy (non-hydrogen) atoms. The van der Waals surface area contributed by atoms with Gasteiger partial charge < -0.3 is 9.84 Å². The number of rotatable bonds is 6. The number of aliphatic hydroxyl groups excluding tert-OH is 1. The number of benzene rings is 1. The van der Waals surface area contributed by atoms with Crippen LogP contribution in [0.2, 0.25) is 0 Å². The van der Waals surface area contributed by atoms with Crippen molar-refractivity contribution in [1.29, 1.82) is 5.26 Å². The van der Waals surface area contributed by atoms with Crippen molar-refractivity contribution < 1.29 is 23.1 Å². The van der Waals surface area contributed by atoms with Crippen molar-refractivity contribution in [1.82, 2.24) is 4.98 Å². The Hall–Kier alpha value is -3.38. The Bertz CT molecular complexity index is 1280. The average Bonchev–Trinajstić information content (AvgIpc) is 2.83. The van der Waals surface area contributed by atoms with E-state index < -0.39 is 21.9 Å². The number of esters is 1. The molecule has 2 heterocycles. The number of carbonyl (C=O) groups excluding carboxylic acids is 1. The number of sulfonamides is 1. The summed E-state index contributed by atoms with van der Waals surface area (Å²) in [6.45, 7) is 1.91. The molecule has 184 valence electrons. The van der Waals surface area contributed by atoms with Gasteiger partial charge in [0.05, 0.1) is 23.1 Å². The molecule has 1 aromatic carbocycles. The Balaban J connectivity index is 1.64. The summed E-state index contributed by atoms with van der Waals surface area (Å²) in [5.41, 5.74) is 1.43. The molecule has 2 aliphatic rings. The quantitative estimate of drug-likeness (QED) is 0.542. The number of anilines is 1. The monoisotopic (exact) mass is 495 g/mol. The van der Waals surface area contributed by atoms with Gasteiger partial charge in [-0.3, -0.25) is 4.72 Å². The van der Waals surface area contributed by atoms with Crippen LogP contribution in [0.25, 0.3) is 0 Å². The number of aliphatic hydroxyl groups is 1. The highest BCUT2D eigenvalue weighted by molar-refractivity contribution is 7.92. The number of carbonyl (C=O) groups is 1. The third-order valence-corrected chi connectivity index (χ3v) is 8.02. The number of nitrogens with zero attached hydrogens (tertiary/aromatic N) is 2. The Morgan fingerprint density at radius 2 is 1.97 bits per heavy atom. The molecule has 3 atom stereocenters. The second-order valence-corrected chi connectivity index (χ2v) is 10.7. The molecule has 8 nitrogen and oxygen atoms in total. The van der Waals surface area contributed by atoms with Crippen LogP contribution in [0.3, 0.4) is 0 Å². The van der Waals surface area contributed by atoms with Crippen molar-refractivity contribution in [2.24, 2.45) is 5.92 Å². The first-order valence-corrected chi connectivity index (χ1v) is 13.4. The smallest absolute Gasteiger partial charge is 0.338 e. The second-order valence-electron chi connectivity index (χ2n) is 9.03. The molecule has 1 aliphatic carbocycles. The molecule has 3 unspecified atom stereocenters. The maximum Gasteiger partial charge on any atom is 0.338 e.